The molecule has 0 bridgehead atoms. The zero-order chi connectivity index (χ0) is 24.8. The Kier molecular flexibility index (Phi) is 9.32. The van der Waals surface area contributed by atoms with Crippen LogP contribution in [-0.4, -0.2) is 38.5 Å². The van der Waals surface area contributed by atoms with Crippen LogP contribution in [0.5, 0.6) is 5.75 Å². The summed E-state index contributed by atoms with van der Waals surface area (Å²) >= 11 is 0. The molecule has 1 atom stereocenters. The highest BCUT2D eigenvalue weighted by Gasteiger charge is 2.59. The van der Waals surface area contributed by atoms with Gasteiger partial charge >= 0.3 is 12.3 Å². The predicted octanol–water partition coefficient (Wildman–Crippen LogP) is 7.56. The van der Waals surface area contributed by atoms with Gasteiger partial charge in [-0.3, -0.25) is 0 Å². The van der Waals surface area contributed by atoms with E-state index in [1.807, 2.05) is 6.08 Å². The fraction of sp³-hybridized carbons (Fsp3) is 0.680. The molecule has 1 unspecified atom stereocenters. The minimum Gasteiger partial charge on any atom is -0.430 e. The highest BCUT2D eigenvalue weighted by atomic mass is 19.4. The molecular formula is C25H32F6O3. The van der Waals surface area contributed by atoms with Gasteiger partial charge in [0.05, 0.1) is 6.10 Å². The summed E-state index contributed by atoms with van der Waals surface area (Å²) in [5.41, 5.74) is 0.708. The standard InChI is InChI=1S/C25H32F6O3/c1-32-16-33-21-14-10-20(11-15-21)19-8-4-17(5-9-19)2-3-18-6-12-22(13-7-18)34-25(30,31)23(26)24(27,28)29/h2-3,6-7,12-13,17,19-21,23H,4-5,8-11,14-16H2,1H3/b3-2+. The summed E-state index contributed by atoms with van der Waals surface area (Å²) in [7, 11) is 1.63. The van der Waals surface area contributed by atoms with E-state index in [9.17, 15) is 26.3 Å². The molecule has 2 aliphatic carbocycles. The first-order valence-electron chi connectivity index (χ1n) is 11.7. The van der Waals surface area contributed by atoms with Crippen LogP contribution in [0.15, 0.2) is 30.3 Å². The zero-order valence-corrected chi connectivity index (χ0v) is 19.2. The maximum Gasteiger partial charge on any atom is 0.439 e. The van der Waals surface area contributed by atoms with Crippen molar-refractivity contribution in [2.45, 2.75) is 75.9 Å². The van der Waals surface area contributed by atoms with Crippen LogP contribution < -0.4 is 4.74 Å². The van der Waals surface area contributed by atoms with Gasteiger partial charge in [-0.15, -0.1) is 0 Å². The maximum atomic E-state index is 13.4. The first kappa shape index (κ1) is 26.9. The monoisotopic (exact) mass is 494 g/mol. The zero-order valence-electron chi connectivity index (χ0n) is 19.2. The molecular weight excluding hydrogens is 462 g/mol. The molecule has 3 nitrogen and oxygen atoms in total. The van der Waals surface area contributed by atoms with E-state index in [0.29, 0.717) is 24.4 Å². The van der Waals surface area contributed by atoms with E-state index in [1.54, 1.807) is 7.11 Å². The molecule has 0 amide bonds. The molecule has 1 aromatic rings. The third-order valence-electron chi connectivity index (χ3n) is 6.90. The van der Waals surface area contributed by atoms with Gasteiger partial charge in [-0.05, 0) is 86.8 Å². The highest BCUT2D eigenvalue weighted by molar-refractivity contribution is 5.50. The Balaban J connectivity index is 1.43. The van der Waals surface area contributed by atoms with Crippen LogP contribution in [-0.2, 0) is 9.47 Å². The molecule has 1 aromatic carbocycles. The molecule has 2 saturated carbocycles. The number of methoxy groups -OCH3 is 1. The average Bonchev–Trinajstić information content (AvgIpc) is 2.82. The predicted molar refractivity (Wildman–Crippen MR) is 116 cm³/mol. The van der Waals surface area contributed by atoms with Crippen LogP contribution >= 0.6 is 0 Å². The van der Waals surface area contributed by atoms with Crippen molar-refractivity contribution in [3.8, 4) is 5.75 Å². The second-order valence-corrected chi connectivity index (χ2v) is 9.28. The van der Waals surface area contributed by atoms with E-state index < -0.39 is 24.2 Å². The number of benzene rings is 1. The maximum absolute atomic E-state index is 13.4. The summed E-state index contributed by atoms with van der Waals surface area (Å²) < 4.78 is 91.0. The Morgan fingerprint density at radius 2 is 1.44 bits per heavy atom. The summed E-state index contributed by atoms with van der Waals surface area (Å²) in [5.74, 6) is 1.38. The Bertz CT molecular complexity index is 764. The molecule has 34 heavy (non-hydrogen) atoms. The molecule has 192 valence electrons. The smallest absolute Gasteiger partial charge is 0.430 e. The largest absolute Gasteiger partial charge is 0.439 e. The van der Waals surface area contributed by atoms with E-state index in [0.717, 1.165) is 49.7 Å². The van der Waals surface area contributed by atoms with Crippen molar-refractivity contribution in [3.05, 3.63) is 35.9 Å². The second-order valence-electron chi connectivity index (χ2n) is 9.28. The molecule has 2 fully saturated rings. The number of allylic oxidation sites excluding steroid dienone is 1. The van der Waals surface area contributed by atoms with E-state index >= 15 is 0 Å². The van der Waals surface area contributed by atoms with Gasteiger partial charge in [0.15, 0.2) is 0 Å². The second kappa shape index (κ2) is 11.8. The fourth-order valence-electron chi connectivity index (χ4n) is 4.99. The van der Waals surface area contributed by atoms with Crippen LogP contribution in [0.3, 0.4) is 0 Å². The molecule has 0 radical (unpaired) electrons. The third-order valence-corrected chi connectivity index (χ3v) is 6.90. The van der Waals surface area contributed by atoms with Crippen molar-refractivity contribution in [1.82, 2.24) is 0 Å². The van der Waals surface area contributed by atoms with Gasteiger partial charge in [0, 0.05) is 7.11 Å². The lowest BCUT2D eigenvalue weighted by atomic mass is 9.70. The number of halogens is 6. The van der Waals surface area contributed by atoms with Crippen molar-refractivity contribution in [3.63, 3.8) is 0 Å². The van der Waals surface area contributed by atoms with Crippen molar-refractivity contribution in [2.24, 2.45) is 17.8 Å². The average molecular weight is 495 g/mol. The lowest BCUT2D eigenvalue weighted by molar-refractivity contribution is -0.304. The number of rotatable bonds is 9. The molecule has 0 saturated heterocycles. The Labute approximate surface area is 196 Å². The molecule has 0 heterocycles. The topological polar surface area (TPSA) is 27.7 Å². The molecule has 0 N–H and O–H groups in total. The van der Waals surface area contributed by atoms with Crippen molar-refractivity contribution in [1.29, 1.82) is 0 Å². The van der Waals surface area contributed by atoms with Crippen LogP contribution in [0.1, 0.15) is 56.9 Å². The van der Waals surface area contributed by atoms with Gasteiger partial charge in [0.1, 0.15) is 12.5 Å². The lowest BCUT2D eigenvalue weighted by Crippen LogP contribution is -2.45. The number of hydrogen-bond donors (Lipinski definition) is 0. The summed E-state index contributed by atoms with van der Waals surface area (Å²) in [4.78, 5) is 0. The molecule has 0 aliphatic heterocycles. The normalized spacial score (nSPS) is 27.6. The minimum atomic E-state index is -5.71. The summed E-state index contributed by atoms with van der Waals surface area (Å²) in [5, 5.41) is 0. The van der Waals surface area contributed by atoms with Crippen LogP contribution in [0.4, 0.5) is 26.3 Å². The molecule has 0 aromatic heterocycles. The van der Waals surface area contributed by atoms with Crippen molar-refractivity contribution in [2.75, 3.05) is 13.9 Å². The minimum absolute atomic E-state index is 0.307. The van der Waals surface area contributed by atoms with Crippen LogP contribution in [0, 0.1) is 17.8 Å². The third kappa shape index (κ3) is 7.63. The summed E-state index contributed by atoms with van der Waals surface area (Å²) in [6.07, 6.45) is -1.74. The van der Waals surface area contributed by atoms with E-state index in [4.69, 9.17) is 9.47 Å². The molecule has 3 rings (SSSR count). The summed E-state index contributed by atoms with van der Waals surface area (Å²) in [6.45, 7) is 0.352. The number of hydrogen-bond acceptors (Lipinski definition) is 3. The number of alkyl halides is 6. The highest BCUT2D eigenvalue weighted by Crippen LogP contribution is 2.41. The Hall–Kier alpha value is -1.74. The SMILES string of the molecule is COCOC1CCC(C2CCC(/C=C/c3ccc(OC(F)(F)C(F)C(F)(F)F)cc3)CC2)CC1. The van der Waals surface area contributed by atoms with Gasteiger partial charge in [-0.2, -0.15) is 22.0 Å². The molecule has 0 spiro atoms. The van der Waals surface area contributed by atoms with Gasteiger partial charge < -0.3 is 14.2 Å². The van der Waals surface area contributed by atoms with Crippen molar-refractivity contribution >= 4 is 6.08 Å². The molecule has 2 aliphatic rings. The van der Waals surface area contributed by atoms with Gasteiger partial charge in [-0.25, -0.2) is 4.39 Å². The van der Waals surface area contributed by atoms with Gasteiger partial charge in [0.25, 0.3) is 6.17 Å². The van der Waals surface area contributed by atoms with E-state index in [1.165, 1.54) is 37.8 Å². The van der Waals surface area contributed by atoms with Crippen molar-refractivity contribution < 1.29 is 40.6 Å². The summed E-state index contributed by atoms with van der Waals surface area (Å²) in [6, 6.07) is 5.14. The van der Waals surface area contributed by atoms with E-state index in [-0.39, 0.29) is 0 Å². The van der Waals surface area contributed by atoms with E-state index in [2.05, 4.69) is 10.8 Å². The molecule has 9 heteroatoms. The number of ether oxygens (including phenoxy) is 3. The fourth-order valence-corrected chi connectivity index (χ4v) is 4.99. The van der Waals surface area contributed by atoms with Gasteiger partial charge in [-0.1, -0.05) is 24.3 Å². The quantitative estimate of drug-likeness (QED) is 0.262. The first-order chi connectivity index (χ1) is 16.1. The Morgan fingerprint density at radius 1 is 0.882 bits per heavy atom. The Morgan fingerprint density at radius 3 is 1.97 bits per heavy atom. The van der Waals surface area contributed by atoms with Crippen LogP contribution in [0.2, 0.25) is 0 Å². The lowest BCUT2D eigenvalue weighted by Gasteiger charge is -2.37. The van der Waals surface area contributed by atoms with Crippen LogP contribution in [0.25, 0.3) is 6.08 Å². The van der Waals surface area contributed by atoms with Gasteiger partial charge in [0.2, 0.25) is 0 Å². The first-order valence-corrected chi connectivity index (χ1v) is 11.7.